The van der Waals surface area contributed by atoms with E-state index in [9.17, 15) is 4.79 Å². The highest BCUT2D eigenvalue weighted by Gasteiger charge is 2.15. The molecule has 0 unspecified atom stereocenters. The number of H-pyrrole nitrogens is 1. The van der Waals surface area contributed by atoms with Gasteiger partial charge in [-0.1, -0.05) is 0 Å². The average Bonchev–Trinajstić information content (AvgIpc) is 2.60. The van der Waals surface area contributed by atoms with Gasteiger partial charge in [-0.05, 0) is 56.9 Å². The van der Waals surface area contributed by atoms with Crippen molar-refractivity contribution in [1.29, 1.82) is 0 Å². The van der Waals surface area contributed by atoms with Crippen LogP contribution in [0.25, 0.3) is 10.9 Å². The summed E-state index contributed by atoms with van der Waals surface area (Å²) in [7, 11) is 0. The molecule has 0 fully saturated rings. The van der Waals surface area contributed by atoms with E-state index in [0.717, 1.165) is 28.4 Å². The summed E-state index contributed by atoms with van der Waals surface area (Å²) in [6.45, 7) is 10.4. The summed E-state index contributed by atoms with van der Waals surface area (Å²) in [5.41, 5.74) is 7.93. The first kappa shape index (κ1) is 10.9. The summed E-state index contributed by atoms with van der Waals surface area (Å²) in [5.74, 6) is 0. The lowest BCUT2D eigenvalue weighted by molar-refractivity contribution is 0.112. The van der Waals surface area contributed by atoms with Gasteiger partial charge in [-0.25, -0.2) is 0 Å². The minimum Gasteiger partial charge on any atom is -0.358 e. The van der Waals surface area contributed by atoms with E-state index in [1.165, 1.54) is 22.3 Å². The Balaban J connectivity index is 3.08. The van der Waals surface area contributed by atoms with Crippen molar-refractivity contribution in [2.75, 3.05) is 0 Å². The molecule has 0 bridgehead atoms. The van der Waals surface area contributed by atoms with Gasteiger partial charge in [0.2, 0.25) is 0 Å². The number of carbonyl (C=O) groups is 1. The molecule has 16 heavy (non-hydrogen) atoms. The highest BCUT2D eigenvalue weighted by Crippen LogP contribution is 2.31. The number of hydrogen-bond donors (Lipinski definition) is 1. The Hall–Kier alpha value is -1.57. The first-order valence-corrected chi connectivity index (χ1v) is 5.52. The van der Waals surface area contributed by atoms with E-state index in [1.54, 1.807) is 0 Å². The monoisotopic (exact) mass is 215 g/mol. The van der Waals surface area contributed by atoms with Gasteiger partial charge < -0.3 is 4.98 Å². The Kier molecular flexibility index (Phi) is 2.38. The topological polar surface area (TPSA) is 32.9 Å². The molecule has 0 aliphatic heterocycles. The van der Waals surface area contributed by atoms with Crippen molar-refractivity contribution in [2.45, 2.75) is 34.6 Å². The molecule has 2 nitrogen and oxygen atoms in total. The fraction of sp³-hybridized carbons (Fsp3) is 0.357. The highest BCUT2D eigenvalue weighted by atomic mass is 16.1. The molecule has 1 N–H and O–H groups in total. The normalized spacial score (nSPS) is 11.1. The highest BCUT2D eigenvalue weighted by molar-refractivity contribution is 6.02. The lowest BCUT2D eigenvalue weighted by atomic mass is 9.94. The standard InChI is InChI=1S/C14H17NO/c1-7-8(2)10(4)14-13(9(7)3)12(6-16)11(5)15-14/h6,15H,1-5H3. The fourth-order valence-corrected chi connectivity index (χ4v) is 2.40. The second-order valence-electron chi connectivity index (χ2n) is 4.53. The maximum Gasteiger partial charge on any atom is 0.152 e. The molecule has 84 valence electrons. The van der Waals surface area contributed by atoms with Gasteiger partial charge in [0, 0.05) is 22.2 Å². The van der Waals surface area contributed by atoms with Crippen LogP contribution >= 0.6 is 0 Å². The molecular weight excluding hydrogens is 198 g/mol. The summed E-state index contributed by atoms with van der Waals surface area (Å²) in [4.78, 5) is 14.5. The van der Waals surface area contributed by atoms with Crippen molar-refractivity contribution >= 4 is 17.2 Å². The Morgan fingerprint density at radius 1 is 0.875 bits per heavy atom. The first-order chi connectivity index (χ1) is 7.49. The molecule has 1 aromatic heterocycles. The molecule has 0 aliphatic carbocycles. The number of hydrogen-bond acceptors (Lipinski definition) is 1. The van der Waals surface area contributed by atoms with Gasteiger partial charge >= 0.3 is 0 Å². The zero-order chi connectivity index (χ0) is 12.0. The molecule has 0 amide bonds. The average molecular weight is 215 g/mol. The molecule has 0 atom stereocenters. The van der Waals surface area contributed by atoms with Crippen LogP contribution in [0.2, 0.25) is 0 Å². The predicted molar refractivity (Wildman–Crippen MR) is 67.4 cm³/mol. The zero-order valence-electron chi connectivity index (χ0n) is 10.5. The van der Waals surface area contributed by atoms with E-state index in [0.29, 0.717) is 0 Å². The number of nitrogens with one attached hydrogen (secondary N) is 1. The second kappa shape index (κ2) is 3.48. The van der Waals surface area contributed by atoms with Crippen LogP contribution in [-0.4, -0.2) is 11.3 Å². The van der Waals surface area contributed by atoms with E-state index < -0.39 is 0 Å². The van der Waals surface area contributed by atoms with E-state index >= 15 is 0 Å². The predicted octanol–water partition coefficient (Wildman–Crippen LogP) is 3.52. The number of rotatable bonds is 1. The molecule has 0 spiro atoms. The molecule has 2 aromatic rings. The number of benzene rings is 1. The van der Waals surface area contributed by atoms with E-state index in [-0.39, 0.29) is 0 Å². The lowest BCUT2D eigenvalue weighted by Crippen LogP contribution is -1.93. The summed E-state index contributed by atoms with van der Waals surface area (Å²) in [6.07, 6.45) is 0.954. The van der Waals surface area contributed by atoms with Crippen molar-refractivity contribution in [3.8, 4) is 0 Å². The van der Waals surface area contributed by atoms with Gasteiger partial charge in [0.15, 0.2) is 6.29 Å². The van der Waals surface area contributed by atoms with E-state index in [4.69, 9.17) is 0 Å². The minimum atomic E-state index is 0.804. The molecule has 2 rings (SSSR count). The summed E-state index contributed by atoms with van der Waals surface area (Å²) in [5, 5.41) is 1.09. The van der Waals surface area contributed by atoms with Crippen LogP contribution in [-0.2, 0) is 0 Å². The smallest absolute Gasteiger partial charge is 0.152 e. The van der Waals surface area contributed by atoms with Crippen LogP contribution in [0.3, 0.4) is 0 Å². The molecule has 1 heterocycles. The van der Waals surface area contributed by atoms with E-state index in [1.807, 2.05) is 6.92 Å². The zero-order valence-corrected chi connectivity index (χ0v) is 10.5. The van der Waals surface area contributed by atoms with Crippen LogP contribution in [0.1, 0.15) is 38.3 Å². The number of aromatic amines is 1. The molecule has 0 radical (unpaired) electrons. The van der Waals surface area contributed by atoms with Gasteiger partial charge in [0.05, 0.1) is 0 Å². The van der Waals surface area contributed by atoms with Gasteiger partial charge in [0.25, 0.3) is 0 Å². The van der Waals surface area contributed by atoms with Crippen LogP contribution in [0.5, 0.6) is 0 Å². The number of aldehydes is 1. The van der Waals surface area contributed by atoms with Crippen molar-refractivity contribution in [3.63, 3.8) is 0 Å². The quantitative estimate of drug-likeness (QED) is 0.725. The summed E-state index contributed by atoms with van der Waals surface area (Å²) >= 11 is 0. The third-order valence-electron chi connectivity index (χ3n) is 3.79. The molecule has 1 aromatic carbocycles. The first-order valence-electron chi connectivity index (χ1n) is 5.52. The van der Waals surface area contributed by atoms with Crippen LogP contribution in [0, 0.1) is 34.6 Å². The van der Waals surface area contributed by atoms with Gasteiger partial charge in [-0.2, -0.15) is 0 Å². The van der Waals surface area contributed by atoms with Gasteiger partial charge in [0.1, 0.15) is 0 Å². The third-order valence-corrected chi connectivity index (χ3v) is 3.79. The SMILES string of the molecule is Cc1[nH]c2c(C)c(C)c(C)c(C)c2c1C=O. The maximum absolute atomic E-state index is 11.1. The van der Waals surface area contributed by atoms with Gasteiger partial charge in [-0.3, -0.25) is 4.79 Å². The Labute approximate surface area is 95.7 Å². The third kappa shape index (κ3) is 1.22. The molecular formula is C14H17NO. The van der Waals surface area contributed by atoms with Crippen molar-refractivity contribution in [1.82, 2.24) is 4.98 Å². The maximum atomic E-state index is 11.1. The molecule has 0 aliphatic rings. The Morgan fingerprint density at radius 2 is 1.44 bits per heavy atom. The van der Waals surface area contributed by atoms with Crippen LogP contribution in [0.4, 0.5) is 0 Å². The number of fused-ring (bicyclic) bond motifs is 1. The summed E-state index contributed by atoms with van der Waals surface area (Å²) in [6, 6.07) is 0. The van der Waals surface area contributed by atoms with Crippen molar-refractivity contribution < 1.29 is 4.79 Å². The molecule has 0 saturated carbocycles. The Bertz CT molecular complexity index is 591. The number of aromatic nitrogens is 1. The minimum absolute atomic E-state index is 0.804. The van der Waals surface area contributed by atoms with Crippen LogP contribution < -0.4 is 0 Å². The summed E-state index contributed by atoms with van der Waals surface area (Å²) < 4.78 is 0. The fourth-order valence-electron chi connectivity index (χ4n) is 2.40. The van der Waals surface area contributed by atoms with E-state index in [2.05, 4.69) is 32.7 Å². The molecule has 0 saturated heterocycles. The number of aryl methyl sites for hydroxylation is 3. The van der Waals surface area contributed by atoms with Crippen LogP contribution in [0.15, 0.2) is 0 Å². The van der Waals surface area contributed by atoms with Gasteiger partial charge in [-0.15, -0.1) is 0 Å². The van der Waals surface area contributed by atoms with Crippen molar-refractivity contribution in [2.24, 2.45) is 0 Å². The Morgan fingerprint density at radius 3 is 2.00 bits per heavy atom. The second-order valence-corrected chi connectivity index (χ2v) is 4.53. The lowest BCUT2D eigenvalue weighted by Gasteiger charge is -2.11. The number of carbonyl (C=O) groups excluding carboxylic acids is 1. The molecule has 2 heteroatoms. The largest absolute Gasteiger partial charge is 0.358 e. The van der Waals surface area contributed by atoms with Crippen molar-refractivity contribution in [3.05, 3.63) is 33.5 Å².